The number of hydrogen-bond acceptors (Lipinski definition) is 7. The van der Waals surface area contributed by atoms with Gasteiger partial charge in [0.15, 0.2) is 0 Å². The molecule has 0 saturated heterocycles. The SMILES string of the molecule is C=O.CC/C=C\C(=C/CC)C(F)(F)F.CNC1=C(/C=C/C(O)NCCO)COC1.CO. The first kappa shape index (κ1) is 33.7. The molecule has 0 aromatic rings. The highest BCUT2D eigenvalue weighted by Gasteiger charge is 2.30. The molecule has 0 spiro atoms. The Bertz CT molecular complexity index is 548. The Morgan fingerprint density at radius 2 is 1.84 bits per heavy atom. The fraction of sp³-hybridized carbons (Fsp3) is 0.571. The summed E-state index contributed by atoms with van der Waals surface area (Å²) in [4.78, 5) is 8.00. The van der Waals surface area contributed by atoms with E-state index in [1.807, 2.05) is 19.9 Å². The van der Waals surface area contributed by atoms with Crippen LogP contribution in [-0.4, -0.2) is 75.0 Å². The summed E-state index contributed by atoms with van der Waals surface area (Å²) >= 11 is 0. The molecule has 1 atom stereocenters. The van der Waals surface area contributed by atoms with Crippen LogP contribution in [-0.2, 0) is 9.53 Å². The molecule has 1 heterocycles. The fourth-order valence-electron chi connectivity index (χ4n) is 2.06. The highest BCUT2D eigenvalue weighted by molar-refractivity contribution is 5.29. The smallest absolute Gasteiger partial charge is 0.400 e. The lowest BCUT2D eigenvalue weighted by Crippen LogP contribution is -2.29. The number of hydrogen-bond donors (Lipinski definition) is 5. The van der Waals surface area contributed by atoms with Crippen molar-refractivity contribution in [3.63, 3.8) is 0 Å². The third-order valence-electron chi connectivity index (χ3n) is 3.42. The molecule has 0 aromatic heterocycles. The first-order valence-electron chi connectivity index (χ1n) is 9.65. The molecule has 0 radical (unpaired) electrons. The molecule has 1 unspecified atom stereocenters. The molecule has 5 N–H and O–H groups in total. The second-order valence-electron chi connectivity index (χ2n) is 5.60. The average molecular weight is 455 g/mol. The van der Waals surface area contributed by atoms with E-state index in [9.17, 15) is 18.3 Å². The van der Waals surface area contributed by atoms with Crippen LogP contribution in [0.2, 0.25) is 0 Å². The zero-order valence-electron chi connectivity index (χ0n) is 18.7. The van der Waals surface area contributed by atoms with Crippen molar-refractivity contribution in [2.75, 3.05) is 40.5 Å². The van der Waals surface area contributed by atoms with Crippen molar-refractivity contribution in [3.8, 4) is 0 Å². The number of allylic oxidation sites excluding steroid dienone is 4. The van der Waals surface area contributed by atoms with Crippen molar-refractivity contribution in [1.29, 1.82) is 0 Å². The molecule has 10 heteroatoms. The minimum atomic E-state index is -4.21. The predicted molar refractivity (Wildman–Crippen MR) is 116 cm³/mol. The van der Waals surface area contributed by atoms with Gasteiger partial charge in [0.1, 0.15) is 13.0 Å². The second-order valence-corrected chi connectivity index (χ2v) is 5.60. The Hall–Kier alpha value is -1.98. The number of aliphatic hydroxyl groups excluding tert-OH is 3. The molecule has 182 valence electrons. The number of rotatable bonds is 9. The summed E-state index contributed by atoms with van der Waals surface area (Å²) in [6.07, 6.45) is 3.38. The fourth-order valence-corrected chi connectivity index (χ4v) is 2.06. The summed E-state index contributed by atoms with van der Waals surface area (Å²) in [6.45, 7) is 7.04. The van der Waals surface area contributed by atoms with Gasteiger partial charge in [0.2, 0.25) is 0 Å². The summed E-state index contributed by atoms with van der Waals surface area (Å²) in [7, 11) is 2.85. The van der Waals surface area contributed by atoms with Gasteiger partial charge in [-0.2, -0.15) is 13.2 Å². The number of alkyl halides is 3. The molecule has 1 aliphatic rings. The maximum Gasteiger partial charge on any atom is 0.416 e. The van der Waals surface area contributed by atoms with Crippen molar-refractivity contribution in [3.05, 3.63) is 47.2 Å². The Morgan fingerprint density at radius 3 is 2.29 bits per heavy atom. The highest BCUT2D eigenvalue weighted by atomic mass is 19.4. The zero-order chi connectivity index (χ0) is 24.7. The Labute approximate surface area is 183 Å². The standard InChI is InChI=1S/C10H18N2O3.C9H13F3.CH4O.CH2O/c1-11-9-7-15-6-8(9)2-3-10(14)12-4-5-13;1-3-5-7-8(6-4-2)9(10,11)12;2*1-2/h2-3,10-14H,4-7H2,1H3;5-7H,3-4H2,1-2H3;2H,1H3;1H2/b3-2+;7-5-,8-6+;;. The molecule has 0 fully saturated rings. The van der Waals surface area contributed by atoms with Crippen molar-refractivity contribution in [2.45, 2.75) is 39.1 Å². The lowest BCUT2D eigenvalue weighted by Gasteiger charge is -2.06. The number of nitrogens with one attached hydrogen (secondary N) is 2. The lowest BCUT2D eigenvalue weighted by molar-refractivity contribution is -0.0980. The molecule has 1 rings (SSSR count). The second kappa shape index (κ2) is 22.7. The minimum Gasteiger partial charge on any atom is -0.400 e. The van der Waals surface area contributed by atoms with Crippen molar-refractivity contribution >= 4 is 6.79 Å². The van der Waals surface area contributed by atoms with Crippen molar-refractivity contribution in [1.82, 2.24) is 10.6 Å². The van der Waals surface area contributed by atoms with Crippen LogP contribution in [0.3, 0.4) is 0 Å². The van der Waals surface area contributed by atoms with Gasteiger partial charge in [-0.3, -0.25) is 5.32 Å². The number of ether oxygens (including phenoxy) is 1. The maximum atomic E-state index is 12.1. The first-order chi connectivity index (χ1) is 14.8. The van der Waals surface area contributed by atoms with E-state index < -0.39 is 18.0 Å². The number of aliphatic hydroxyl groups is 3. The number of carbonyl (C=O) groups excluding carboxylic acids is 1. The van der Waals surface area contributed by atoms with Gasteiger partial charge in [-0.25, -0.2) is 0 Å². The van der Waals surface area contributed by atoms with E-state index in [1.165, 1.54) is 12.2 Å². The van der Waals surface area contributed by atoms with Crippen LogP contribution in [0, 0.1) is 0 Å². The van der Waals surface area contributed by atoms with Gasteiger partial charge in [-0.1, -0.05) is 38.2 Å². The molecule has 1 aliphatic heterocycles. The monoisotopic (exact) mass is 454 g/mol. The van der Waals surface area contributed by atoms with Gasteiger partial charge in [0, 0.05) is 26.4 Å². The largest absolute Gasteiger partial charge is 0.416 e. The lowest BCUT2D eigenvalue weighted by atomic mass is 10.2. The topological polar surface area (TPSA) is 111 Å². The van der Waals surface area contributed by atoms with E-state index in [4.69, 9.17) is 19.7 Å². The van der Waals surface area contributed by atoms with E-state index in [1.54, 1.807) is 19.9 Å². The summed E-state index contributed by atoms with van der Waals surface area (Å²) in [5, 5.41) is 30.7. The molecule has 31 heavy (non-hydrogen) atoms. The molecule has 0 aliphatic carbocycles. The Kier molecular flexibility index (Phi) is 24.6. The van der Waals surface area contributed by atoms with Crippen LogP contribution in [0.15, 0.2) is 47.2 Å². The third-order valence-corrected chi connectivity index (χ3v) is 3.42. The van der Waals surface area contributed by atoms with Crippen molar-refractivity contribution < 1.29 is 38.0 Å². The molecule has 7 nitrogen and oxygen atoms in total. The Morgan fingerprint density at radius 1 is 1.23 bits per heavy atom. The Balaban J connectivity index is -0.000000444. The number of likely N-dealkylation sites (N-methyl/N-ethyl adjacent to an activating group) is 1. The maximum absolute atomic E-state index is 12.1. The molecular formula is C21H37F3N2O5. The zero-order valence-corrected chi connectivity index (χ0v) is 18.7. The average Bonchev–Trinajstić information content (AvgIpc) is 3.24. The van der Waals surface area contributed by atoms with Crippen LogP contribution >= 0.6 is 0 Å². The van der Waals surface area contributed by atoms with Gasteiger partial charge in [-0.15, -0.1) is 0 Å². The van der Waals surface area contributed by atoms with Gasteiger partial charge >= 0.3 is 6.18 Å². The summed E-state index contributed by atoms with van der Waals surface area (Å²) in [5.74, 6) is 0. The number of halogens is 3. The third kappa shape index (κ3) is 18.5. The van der Waals surface area contributed by atoms with E-state index in [0.29, 0.717) is 32.6 Å². The molecule has 0 saturated carbocycles. The molecular weight excluding hydrogens is 417 g/mol. The van der Waals surface area contributed by atoms with E-state index in [2.05, 4.69) is 10.6 Å². The predicted octanol–water partition coefficient (Wildman–Crippen LogP) is 2.22. The van der Waals surface area contributed by atoms with Gasteiger partial charge in [-0.05, 0) is 24.5 Å². The van der Waals surface area contributed by atoms with Crippen molar-refractivity contribution in [2.24, 2.45) is 0 Å². The van der Waals surface area contributed by atoms with Gasteiger partial charge < -0.3 is 30.2 Å². The first-order valence-corrected chi connectivity index (χ1v) is 9.65. The number of carbonyl (C=O) groups is 1. The minimum absolute atomic E-state index is 0.0124. The normalized spacial score (nSPS) is 15.0. The van der Waals surface area contributed by atoms with Gasteiger partial charge in [0.05, 0.1) is 25.4 Å². The van der Waals surface area contributed by atoms with Crippen LogP contribution < -0.4 is 10.6 Å². The summed E-state index contributed by atoms with van der Waals surface area (Å²) in [5.41, 5.74) is 1.54. The van der Waals surface area contributed by atoms with Crippen LogP contribution in [0.25, 0.3) is 0 Å². The van der Waals surface area contributed by atoms with E-state index in [0.717, 1.165) is 24.5 Å². The summed E-state index contributed by atoms with van der Waals surface area (Å²) in [6, 6.07) is 0. The molecule has 0 aromatic carbocycles. The van der Waals surface area contributed by atoms with Crippen LogP contribution in [0.4, 0.5) is 13.2 Å². The summed E-state index contributed by atoms with van der Waals surface area (Å²) < 4.78 is 41.6. The highest BCUT2D eigenvalue weighted by Crippen LogP contribution is 2.26. The molecule has 0 amide bonds. The van der Waals surface area contributed by atoms with E-state index in [-0.39, 0.29) is 6.61 Å². The molecule has 0 bridgehead atoms. The van der Waals surface area contributed by atoms with E-state index >= 15 is 0 Å². The van der Waals surface area contributed by atoms with Crippen LogP contribution in [0.5, 0.6) is 0 Å². The van der Waals surface area contributed by atoms with Crippen LogP contribution in [0.1, 0.15) is 26.7 Å². The van der Waals surface area contributed by atoms with Gasteiger partial charge in [0.25, 0.3) is 0 Å². The quantitative estimate of drug-likeness (QED) is 0.268.